The normalized spacial score (nSPS) is 15.0. The zero-order chi connectivity index (χ0) is 21.8. The largest absolute Gasteiger partial charge is 0.457 e. The number of nitrogens with zero attached hydrogens (tertiary/aromatic N) is 2. The van der Waals surface area contributed by atoms with Gasteiger partial charge in [0.2, 0.25) is 0 Å². The topological polar surface area (TPSA) is 51.7 Å². The Bertz CT molecular complexity index is 1020. The lowest BCUT2D eigenvalue weighted by molar-refractivity contribution is 0.0204. The van der Waals surface area contributed by atoms with Crippen LogP contribution in [0, 0.1) is 0 Å². The molecule has 0 aliphatic carbocycles. The molecule has 5 nitrogen and oxygen atoms in total. The Morgan fingerprint density at radius 1 is 1.03 bits per heavy atom. The maximum absolute atomic E-state index is 12.3. The van der Waals surface area contributed by atoms with Crippen LogP contribution >= 0.6 is 11.3 Å². The second-order valence-electron chi connectivity index (χ2n) is 8.73. The quantitative estimate of drug-likeness (QED) is 0.456. The summed E-state index contributed by atoms with van der Waals surface area (Å²) in [6, 6.07) is 17.8. The average molecular weight is 437 g/mol. The molecule has 1 amide bonds. The molecule has 1 aliphatic heterocycles. The third kappa shape index (κ3) is 5.44. The lowest BCUT2D eigenvalue weighted by Gasteiger charge is -2.32. The molecule has 0 spiro atoms. The van der Waals surface area contributed by atoms with Gasteiger partial charge >= 0.3 is 6.09 Å². The average Bonchev–Trinajstić information content (AvgIpc) is 3.24. The number of carbonyl (C=O) groups is 1. The van der Waals surface area contributed by atoms with Gasteiger partial charge in [-0.15, -0.1) is 11.3 Å². The van der Waals surface area contributed by atoms with Crippen molar-refractivity contribution in [1.82, 2.24) is 9.88 Å². The second-order valence-corrected chi connectivity index (χ2v) is 9.59. The van der Waals surface area contributed by atoms with Crippen LogP contribution in [0.25, 0.3) is 10.6 Å². The van der Waals surface area contributed by atoms with Crippen LogP contribution in [0.2, 0.25) is 0 Å². The van der Waals surface area contributed by atoms with Gasteiger partial charge in [0.25, 0.3) is 0 Å². The summed E-state index contributed by atoms with van der Waals surface area (Å²) in [5.41, 5.74) is 1.62. The van der Waals surface area contributed by atoms with E-state index < -0.39 is 5.60 Å². The number of hydrogen-bond donors (Lipinski definition) is 0. The van der Waals surface area contributed by atoms with Crippen molar-refractivity contribution in [2.75, 3.05) is 13.1 Å². The van der Waals surface area contributed by atoms with E-state index in [-0.39, 0.29) is 6.09 Å². The third-order valence-electron chi connectivity index (χ3n) is 5.18. The van der Waals surface area contributed by atoms with Crippen LogP contribution in [-0.2, 0) is 4.74 Å². The summed E-state index contributed by atoms with van der Waals surface area (Å²) in [6.45, 7) is 7.08. The Kier molecular flexibility index (Phi) is 6.28. The molecular weight excluding hydrogens is 408 g/mol. The van der Waals surface area contributed by atoms with E-state index in [4.69, 9.17) is 14.5 Å². The van der Waals surface area contributed by atoms with Crippen LogP contribution in [0.4, 0.5) is 4.79 Å². The first-order valence-corrected chi connectivity index (χ1v) is 11.5. The van der Waals surface area contributed by atoms with E-state index in [9.17, 15) is 4.79 Å². The number of carbonyl (C=O) groups excluding carboxylic acids is 1. The fraction of sp³-hybridized carbons (Fsp3) is 0.360. The molecule has 0 saturated carbocycles. The van der Waals surface area contributed by atoms with Gasteiger partial charge in [0.1, 0.15) is 22.1 Å². The smallest absolute Gasteiger partial charge is 0.410 e. The zero-order valence-electron chi connectivity index (χ0n) is 18.2. The number of benzene rings is 2. The summed E-state index contributed by atoms with van der Waals surface area (Å²) in [5, 5.41) is 3.10. The SMILES string of the molecule is CC(C)(C)OC(=O)N1CCC(c2csc(-c3ccccc3Oc3ccccc3)n2)CC1. The fourth-order valence-electron chi connectivity index (χ4n) is 3.63. The van der Waals surface area contributed by atoms with Gasteiger partial charge in [-0.1, -0.05) is 30.3 Å². The first-order valence-electron chi connectivity index (χ1n) is 10.6. The van der Waals surface area contributed by atoms with Crippen molar-refractivity contribution in [3.63, 3.8) is 0 Å². The lowest BCUT2D eigenvalue weighted by atomic mass is 9.94. The maximum atomic E-state index is 12.3. The number of rotatable bonds is 4. The van der Waals surface area contributed by atoms with Gasteiger partial charge in [-0.25, -0.2) is 9.78 Å². The molecule has 162 valence electrons. The van der Waals surface area contributed by atoms with Crippen molar-refractivity contribution >= 4 is 17.4 Å². The summed E-state index contributed by atoms with van der Waals surface area (Å²) < 4.78 is 11.6. The molecule has 1 saturated heterocycles. The molecule has 3 aromatic rings. The Morgan fingerprint density at radius 3 is 2.42 bits per heavy atom. The summed E-state index contributed by atoms with van der Waals surface area (Å²) in [4.78, 5) is 19.1. The van der Waals surface area contributed by atoms with Crippen molar-refractivity contribution in [2.45, 2.75) is 45.1 Å². The minimum atomic E-state index is -0.465. The number of aromatic nitrogens is 1. The highest BCUT2D eigenvalue weighted by Gasteiger charge is 2.28. The number of amides is 1. The van der Waals surface area contributed by atoms with Crippen LogP contribution in [0.15, 0.2) is 60.0 Å². The predicted molar refractivity (Wildman–Crippen MR) is 124 cm³/mol. The summed E-state index contributed by atoms with van der Waals surface area (Å²) in [7, 11) is 0. The highest BCUT2D eigenvalue weighted by atomic mass is 32.1. The van der Waals surface area contributed by atoms with Crippen molar-refractivity contribution in [3.8, 4) is 22.1 Å². The van der Waals surface area contributed by atoms with Crippen LogP contribution in [-0.4, -0.2) is 34.7 Å². The molecule has 4 rings (SSSR count). The standard InChI is InChI=1S/C25H28N2O3S/c1-25(2,3)30-24(28)27-15-13-18(14-16-27)21-17-31-23(26-21)20-11-7-8-12-22(20)29-19-9-5-4-6-10-19/h4-12,17-18H,13-16H2,1-3H3. The third-order valence-corrected chi connectivity index (χ3v) is 6.07. The number of ether oxygens (including phenoxy) is 2. The van der Waals surface area contributed by atoms with E-state index >= 15 is 0 Å². The summed E-state index contributed by atoms with van der Waals surface area (Å²) in [5.74, 6) is 1.96. The molecule has 2 heterocycles. The van der Waals surface area contributed by atoms with Gasteiger partial charge in [0.05, 0.1) is 11.3 Å². The molecule has 0 radical (unpaired) electrons. The van der Waals surface area contributed by atoms with Crippen LogP contribution in [0.5, 0.6) is 11.5 Å². The van der Waals surface area contributed by atoms with Gasteiger partial charge in [-0.3, -0.25) is 0 Å². The molecule has 6 heteroatoms. The van der Waals surface area contributed by atoms with Gasteiger partial charge < -0.3 is 14.4 Å². The number of hydrogen-bond acceptors (Lipinski definition) is 5. The Balaban J connectivity index is 1.44. The number of thiazole rings is 1. The zero-order valence-corrected chi connectivity index (χ0v) is 19.0. The summed E-state index contributed by atoms with van der Waals surface area (Å²) >= 11 is 1.64. The van der Waals surface area contributed by atoms with Crippen LogP contribution in [0.3, 0.4) is 0 Å². The fourth-order valence-corrected chi connectivity index (χ4v) is 4.56. The van der Waals surface area contributed by atoms with Gasteiger partial charge in [-0.2, -0.15) is 0 Å². The van der Waals surface area contributed by atoms with Gasteiger partial charge in [-0.05, 0) is 57.9 Å². The predicted octanol–water partition coefficient (Wildman–Crippen LogP) is 6.72. The van der Waals surface area contributed by atoms with Crippen LogP contribution < -0.4 is 4.74 Å². The number of likely N-dealkylation sites (tertiary alicyclic amines) is 1. The van der Waals surface area contributed by atoms with E-state index in [0.717, 1.165) is 40.6 Å². The van der Waals surface area contributed by atoms with Crippen molar-refractivity contribution in [2.24, 2.45) is 0 Å². The van der Waals surface area contributed by atoms with E-state index in [0.29, 0.717) is 19.0 Å². The van der Waals surface area contributed by atoms with Gasteiger partial charge in [0, 0.05) is 24.4 Å². The highest BCUT2D eigenvalue weighted by molar-refractivity contribution is 7.13. The first kappa shape index (κ1) is 21.4. The molecule has 31 heavy (non-hydrogen) atoms. The lowest BCUT2D eigenvalue weighted by Crippen LogP contribution is -2.41. The molecule has 1 aliphatic rings. The second kappa shape index (κ2) is 9.10. The first-order chi connectivity index (χ1) is 14.9. The minimum Gasteiger partial charge on any atom is -0.457 e. The van der Waals surface area contributed by atoms with E-state index in [2.05, 4.69) is 5.38 Å². The minimum absolute atomic E-state index is 0.225. The van der Waals surface area contributed by atoms with Crippen molar-refractivity contribution in [1.29, 1.82) is 0 Å². The molecule has 0 bridgehead atoms. The number of piperidine rings is 1. The van der Waals surface area contributed by atoms with E-state index in [1.807, 2.05) is 75.4 Å². The highest BCUT2D eigenvalue weighted by Crippen LogP contribution is 2.37. The van der Waals surface area contributed by atoms with Gasteiger partial charge in [0.15, 0.2) is 0 Å². The van der Waals surface area contributed by atoms with Crippen molar-refractivity contribution in [3.05, 3.63) is 65.7 Å². The van der Waals surface area contributed by atoms with Crippen molar-refractivity contribution < 1.29 is 14.3 Å². The molecule has 0 atom stereocenters. The molecule has 2 aromatic carbocycles. The molecule has 1 fully saturated rings. The molecule has 0 N–H and O–H groups in total. The monoisotopic (exact) mass is 436 g/mol. The molecule has 0 unspecified atom stereocenters. The Labute approximate surface area is 187 Å². The summed E-state index contributed by atoms with van der Waals surface area (Å²) in [6.07, 6.45) is 1.56. The van der Waals surface area contributed by atoms with Crippen LogP contribution in [0.1, 0.15) is 45.2 Å². The van der Waals surface area contributed by atoms with E-state index in [1.54, 1.807) is 16.2 Å². The Hall–Kier alpha value is -2.86. The Morgan fingerprint density at radius 2 is 1.71 bits per heavy atom. The number of para-hydroxylation sites is 2. The molecule has 1 aromatic heterocycles. The maximum Gasteiger partial charge on any atom is 0.410 e. The van der Waals surface area contributed by atoms with E-state index in [1.165, 1.54) is 0 Å². The molecular formula is C25H28N2O3S.